The van der Waals surface area contributed by atoms with Crippen LogP contribution in [0.25, 0.3) is 0 Å². The Labute approximate surface area is 189 Å². The van der Waals surface area contributed by atoms with Crippen LogP contribution < -0.4 is 0 Å². The van der Waals surface area contributed by atoms with Crippen LogP contribution in [0.3, 0.4) is 0 Å². The molecule has 13 atom stereocenters. The molecule has 32 heavy (non-hydrogen) atoms. The summed E-state index contributed by atoms with van der Waals surface area (Å²) in [6.07, 6.45) is -0.229. The number of likely N-dealkylation sites (tertiary alicyclic amines) is 1. The first-order valence-electron chi connectivity index (χ1n) is 12.3. The lowest BCUT2D eigenvalue weighted by Gasteiger charge is -2.71. The molecule has 182 valence electrons. The van der Waals surface area contributed by atoms with Crippen molar-refractivity contribution in [2.45, 2.75) is 74.3 Å². The van der Waals surface area contributed by atoms with Crippen LogP contribution in [0.2, 0.25) is 0 Å². The van der Waals surface area contributed by atoms with E-state index < -0.39 is 34.7 Å². The van der Waals surface area contributed by atoms with Crippen molar-refractivity contribution in [3.63, 3.8) is 0 Å². The summed E-state index contributed by atoms with van der Waals surface area (Å²) in [6.45, 7) is 4.18. The molecular weight excluding hydrogens is 414 g/mol. The smallest absolute Gasteiger partial charge is 0.0832 e. The third kappa shape index (κ3) is 2.03. The summed E-state index contributed by atoms with van der Waals surface area (Å²) in [6, 6.07) is -0.226. The van der Waals surface area contributed by atoms with Crippen molar-refractivity contribution >= 4 is 0 Å². The first-order chi connectivity index (χ1) is 15.2. The summed E-state index contributed by atoms with van der Waals surface area (Å²) in [5.41, 5.74) is -3.93. The molecule has 0 radical (unpaired) electrons. The standard InChI is InChI=1S/C24H39NO7/c1-5-25-10-21(11-30-2)7-6-14(26)24-19(21)17(32-4)15(20(24)25)22(28)9-13(31-3)12-8-23(24,29)18(22)16(12)27/h12-20,26-29H,5-11H2,1-4H3/t12-,13+,14+,15?,16+,17+,18-,19-,20?,21+,22+,23+,24?/m1/s1. The second-order valence-corrected chi connectivity index (χ2v) is 11.7. The first kappa shape index (κ1) is 22.2. The van der Waals surface area contributed by atoms with Gasteiger partial charge in [0.05, 0.1) is 42.2 Å². The van der Waals surface area contributed by atoms with Crippen LogP contribution >= 0.6 is 0 Å². The molecular formula is C24H39NO7. The molecule has 0 aromatic rings. The number of hydrogen-bond acceptors (Lipinski definition) is 8. The topological polar surface area (TPSA) is 112 Å². The molecule has 1 saturated heterocycles. The predicted octanol–water partition coefficient (Wildman–Crippen LogP) is -0.383. The highest BCUT2D eigenvalue weighted by molar-refractivity contribution is 5.40. The van der Waals surface area contributed by atoms with Gasteiger partial charge in [0.15, 0.2) is 0 Å². The normalized spacial score (nSPS) is 62.4. The number of piperidine rings is 1. The van der Waals surface area contributed by atoms with Crippen LogP contribution in [-0.2, 0) is 14.2 Å². The Kier molecular flexibility index (Phi) is 4.62. The second-order valence-electron chi connectivity index (χ2n) is 11.7. The second kappa shape index (κ2) is 6.66. The van der Waals surface area contributed by atoms with Gasteiger partial charge in [-0.05, 0) is 25.8 Å². The summed E-state index contributed by atoms with van der Waals surface area (Å²) in [5, 5.41) is 48.5. The molecule has 0 amide bonds. The van der Waals surface area contributed by atoms with E-state index in [0.29, 0.717) is 25.9 Å². The van der Waals surface area contributed by atoms with E-state index in [-0.39, 0.29) is 41.4 Å². The van der Waals surface area contributed by atoms with Crippen LogP contribution in [0.4, 0.5) is 0 Å². The third-order valence-corrected chi connectivity index (χ3v) is 11.2. The highest BCUT2D eigenvalue weighted by Crippen LogP contribution is 2.80. The van der Waals surface area contributed by atoms with E-state index in [9.17, 15) is 20.4 Å². The van der Waals surface area contributed by atoms with E-state index >= 15 is 0 Å². The summed E-state index contributed by atoms with van der Waals surface area (Å²) in [7, 11) is 5.02. The van der Waals surface area contributed by atoms with Crippen molar-refractivity contribution in [3.8, 4) is 0 Å². The van der Waals surface area contributed by atoms with Crippen LogP contribution in [0.5, 0.6) is 0 Å². The van der Waals surface area contributed by atoms with Crippen LogP contribution in [0.15, 0.2) is 0 Å². The molecule has 7 bridgehead atoms. The predicted molar refractivity (Wildman–Crippen MR) is 114 cm³/mol. The average Bonchev–Trinajstić information content (AvgIpc) is 3.15. The minimum Gasteiger partial charge on any atom is -0.392 e. The molecule has 0 aromatic heterocycles. The average molecular weight is 454 g/mol. The van der Waals surface area contributed by atoms with Crippen molar-refractivity contribution in [3.05, 3.63) is 0 Å². The number of aliphatic hydroxyl groups excluding tert-OH is 2. The number of nitrogens with zero attached hydrogens (tertiary/aromatic N) is 1. The van der Waals surface area contributed by atoms with Gasteiger partial charge in [0.2, 0.25) is 0 Å². The highest BCUT2D eigenvalue weighted by Gasteiger charge is 2.90. The van der Waals surface area contributed by atoms with Crippen molar-refractivity contribution in [1.82, 2.24) is 4.90 Å². The van der Waals surface area contributed by atoms with Gasteiger partial charge >= 0.3 is 0 Å². The maximum absolute atomic E-state index is 12.8. The SMILES string of the molecule is CCN1C[C@]2(COC)CC[C@H](O)C34C1C([C@H](OC)[C@@H]32)[C@@]1(O)C[C@H](OC)[C@H]2C[C@]4(O)[C@@H]1[C@H]2O. The molecule has 1 aliphatic heterocycles. The summed E-state index contributed by atoms with van der Waals surface area (Å²) in [5.74, 6) is -1.47. The Morgan fingerprint density at radius 3 is 2.41 bits per heavy atom. The Hall–Kier alpha value is -0.320. The number of ether oxygens (including phenoxy) is 3. The number of fused-ring (bicyclic) bond motifs is 2. The summed E-state index contributed by atoms with van der Waals surface area (Å²) >= 11 is 0. The summed E-state index contributed by atoms with van der Waals surface area (Å²) < 4.78 is 17.8. The molecule has 6 fully saturated rings. The molecule has 4 N–H and O–H groups in total. The minimum absolute atomic E-state index is 0.159. The monoisotopic (exact) mass is 453 g/mol. The zero-order chi connectivity index (χ0) is 22.8. The maximum atomic E-state index is 12.8. The molecule has 3 unspecified atom stereocenters. The van der Waals surface area contributed by atoms with Gasteiger partial charge in [0.25, 0.3) is 0 Å². The molecule has 5 saturated carbocycles. The molecule has 8 nitrogen and oxygen atoms in total. The Balaban J connectivity index is 1.67. The highest BCUT2D eigenvalue weighted by atomic mass is 16.5. The van der Waals surface area contributed by atoms with Crippen molar-refractivity contribution < 1.29 is 34.6 Å². The Morgan fingerprint density at radius 2 is 1.78 bits per heavy atom. The van der Waals surface area contributed by atoms with Crippen LogP contribution in [0.1, 0.15) is 32.6 Å². The van der Waals surface area contributed by atoms with Gasteiger partial charge in [-0.2, -0.15) is 0 Å². The van der Waals surface area contributed by atoms with Gasteiger partial charge in [-0.15, -0.1) is 0 Å². The minimum atomic E-state index is -1.41. The van der Waals surface area contributed by atoms with E-state index in [1.807, 2.05) is 0 Å². The largest absolute Gasteiger partial charge is 0.392 e. The van der Waals surface area contributed by atoms with Gasteiger partial charge < -0.3 is 34.6 Å². The Morgan fingerprint density at radius 1 is 1.03 bits per heavy atom. The number of hydrogen-bond donors (Lipinski definition) is 4. The molecule has 6 aliphatic rings. The number of methoxy groups -OCH3 is 3. The Bertz CT molecular complexity index is 798. The lowest BCUT2D eigenvalue weighted by atomic mass is 9.41. The van der Waals surface area contributed by atoms with Crippen molar-refractivity contribution in [1.29, 1.82) is 0 Å². The van der Waals surface area contributed by atoms with Gasteiger partial charge in [0.1, 0.15) is 0 Å². The fraction of sp³-hybridized carbons (Fsp3) is 1.00. The lowest BCUT2D eigenvalue weighted by Crippen LogP contribution is -2.82. The van der Waals surface area contributed by atoms with Crippen LogP contribution in [-0.4, -0.2) is 108 Å². The van der Waals surface area contributed by atoms with Crippen molar-refractivity contribution in [2.24, 2.45) is 34.5 Å². The fourth-order valence-electron chi connectivity index (χ4n) is 10.7. The molecule has 8 heteroatoms. The van der Waals surface area contributed by atoms with E-state index in [1.165, 1.54) is 0 Å². The lowest BCUT2D eigenvalue weighted by molar-refractivity contribution is -0.325. The third-order valence-electron chi connectivity index (χ3n) is 11.2. The number of rotatable bonds is 5. The van der Waals surface area contributed by atoms with Crippen LogP contribution in [0, 0.1) is 34.5 Å². The zero-order valence-electron chi connectivity index (χ0n) is 19.6. The molecule has 6 rings (SSSR count). The maximum Gasteiger partial charge on any atom is 0.0832 e. The molecule has 1 heterocycles. The zero-order valence-corrected chi connectivity index (χ0v) is 19.6. The van der Waals surface area contributed by atoms with Gasteiger partial charge in [-0.25, -0.2) is 0 Å². The first-order valence-corrected chi connectivity index (χ1v) is 12.3. The molecule has 0 aromatic carbocycles. The van der Waals surface area contributed by atoms with E-state index in [1.54, 1.807) is 21.3 Å². The summed E-state index contributed by atoms with van der Waals surface area (Å²) in [4.78, 5) is 2.37. The quantitative estimate of drug-likeness (QED) is 0.446. The fourth-order valence-corrected chi connectivity index (χ4v) is 10.7. The van der Waals surface area contributed by atoms with Gasteiger partial charge in [-0.1, -0.05) is 6.92 Å². The van der Waals surface area contributed by atoms with Crippen molar-refractivity contribution in [2.75, 3.05) is 41.0 Å². The molecule has 1 spiro atoms. The number of aliphatic hydroxyl groups is 4. The van der Waals surface area contributed by atoms with Gasteiger partial charge in [0, 0.05) is 74.8 Å². The van der Waals surface area contributed by atoms with E-state index in [4.69, 9.17) is 14.2 Å². The van der Waals surface area contributed by atoms with Gasteiger partial charge in [-0.3, -0.25) is 4.90 Å². The van der Waals surface area contributed by atoms with E-state index in [2.05, 4.69) is 11.8 Å². The van der Waals surface area contributed by atoms with E-state index in [0.717, 1.165) is 19.5 Å². The molecule has 5 aliphatic carbocycles.